The van der Waals surface area contributed by atoms with Crippen LogP contribution in [0.3, 0.4) is 0 Å². The summed E-state index contributed by atoms with van der Waals surface area (Å²) in [5.41, 5.74) is 4.49. The van der Waals surface area contributed by atoms with Gasteiger partial charge in [-0.05, 0) is 42.0 Å². The van der Waals surface area contributed by atoms with E-state index in [4.69, 9.17) is 9.47 Å². The number of alkyl carbamates (subject to hydrolysis) is 1. The molecule has 8 heteroatoms. The number of carboxylic acids is 1. The van der Waals surface area contributed by atoms with Gasteiger partial charge in [-0.25, -0.2) is 4.79 Å². The van der Waals surface area contributed by atoms with Gasteiger partial charge in [0.2, 0.25) is 5.91 Å². The van der Waals surface area contributed by atoms with Gasteiger partial charge < -0.3 is 24.8 Å². The van der Waals surface area contributed by atoms with Gasteiger partial charge in [0, 0.05) is 38.6 Å². The van der Waals surface area contributed by atoms with Crippen molar-refractivity contribution in [1.29, 1.82) is 0 Å². The molecule has 1 aliphatic heterocycles. The number of hydrogen-bond acceptors (Lipinski definition) is 5. The van der Waals surface area contributed by atoms with E-state index in [-0.39, 0.29) is 31.5 Å². The number of ether oxygens (including phenoxy) is 2. The summed E-state index contributed by atoms with van der Waals surface area (Å²) in [5.74, 6) is -1.92. The Labute approximate surface area is 205 Å². The standard InChI is InChI=1S/C27H32N2O6/c1-17-18(26(31)32)12-7-14-29(17)25(30)24(13-15-34-2)28-27(33)35-16-23-21-10-5-3-8-19(21)20-9-4-6-11-22(20)23/h3-6,8-11,17-18,23-24H,7,12-16H2,1-2H3,(H,28,33)(H,31,32). The molecule has 1 heterocycles. The monoisotopic (exact) mass is 480 g/mol. The third kappa shape index (κ3) is 5.17. The number of fused-ring (bicyclic) bond motifs is 3. The van der Waals surface area contributed by atoms with E-state index >= 15 is 0 Å². The van der Waals surface area contributed by atoms with Crippen molar-refractivity contribution in [3.8, 4) is 11.1 Å². The fourth-order valence-corrected chi connectivity index (χ4v) is 5.26. The zero-order chi connectivity index (χ0) is 24.9. The quantitative estimate of drug-likeness (QED) is 0.598. The summed E-state index contributed by atoms with van der Waals surface area (Å²) in [6.45, 7) is 2.62. The van der Waals surface area contributed by atoms with Gasteiger partial charge in [0.1, 0.15) is 12.6 Å². The second-order valence-corrected chi connectivity index (χ2v) is 9.16. The Morgan fingerprint density at radius 3 is 2.31 bits per heavy atom. The molecule has 0 aromatic heterocycles. The fourth-order valence-electron chi connectivity index (χ4n) is 5.26. The first-order chi connectivity index (χ1) is 16.9. The molecule has 2 aromatic carbocycles. The number of hydrogen-bond donors (Lipinski definition) is 2. The van der Waals surface area contributed by atoms with Crippen LogP contribution in [0.4, 0.5) is 4.79 Å². The molecule has 4 rings (SSSR count). The number of rotatable bonds is 8. The lowest BCUT2D eigenvalue weighted by Crippen LogP contribution is -2.56. The number of methoxy groups -OCH3 is 1. The Morgan fingerprint density at radius 2 is 1.71 bits per heavy atom. The maximum absolute atomic E-state index is 13.3. The fraction of sp³-hybridized carbons (Fsp3) is 0.444. The molecular weight excluding hydrogens is 448 g/mol. The number of piperidine rings is 1. The Balaban J connectivity index is 1.43. The van der Waals surface area contributed by atoms with E-state index in [1.54, 1.807) is 11.8 Å². The van der Waals surface area contributed by atoms with Gasteiger partial charge in [0.05, 0.1) is 5.92 Å². The van der Waals surface area contributed by atoms with Crippen molar-refractivity contribution in [3.63, 3.8) is 0 Å². The minimum absolute atomic E-state index is 0.0836. The minimum Gasteiger partial charge on any atom is -0.481 e. The van der Waals surface area contributed by atoms with Crippen molar-refractivity contribution in [1.82, 2.24) is 10.2 Å². The number of amides is 2. The van der Waals surface area contributed by atoms with E-state index in [0.717, 1.165) is 22.3 Å². The maximum Gasteiger partial charge on any atom is 0.407 e. The predicted octanol–water partition coefficient (Wildman–Crippen LogP) is 3.64. The van der Waals surface area contributed by atoms with Crippen LogP contribution < -0.4 is 5.32 Å². The van der Waals surface area contributed by atoms with Crippen LogP contribution in [0.1, 0.15) is 43.2 Å². The molecule has 0 saturated carbocycles. The van der Waals surface area contributed by atoms with E-state index in [9.17, 15) is 19.5 Å². The average molecular weight is 481 g/mol. The molecule has 1 fully saturated rings. The van der Waals surface area contributed by atoms with Crippen LogP contribution in [0.5, 0.6) is 0 Å². The van der Waals surface area contributed by atoms with Crippen molar-refractivity contribution in [3.05, 3.63) is 59.7 Å². The molecule has 1 saturated heterocycles. The first-order valence-electron chi connectivity index (χ1n) is 12.1. The molecule has 8 nitrogen and oxygen atoms in total. The van der Waals surface area contributed by atoms with E-state index in [1.807, 2.05) is 36.4 Å². The van der Waals surface area contributed by atoms with Crippen LogP contribution in [0, 0.1) is 5.92 Å². The van der Waals surface area contributed by atoms with Gasteiger partial charge in [-0.3, -0.25) is 9.59 Å². The lowest BCUT2D eigenvalue weighted by molar-refractivity contribution is -0.150. The molecule has 0 bridgehead atoms. The molecular formula is C27H32N2O6. The summed E-state index contributed by atoms with van der Waals surface area (Å²) in [6, 6.07) is 14.8. The number of carboxylic acid groups (broad SMARTS) is 1. The Bertz CT molecular complexity index is 1040. The zero-order valence-electron chi connectivity index (χ0n) is 20.1. The molecule has 2 aliphatic rings. The number of nitrogens with zero attached hydrogens (tertiary/aromatic N) is 1. The summed E-state index contributed by atoms with van der Waals surface area (Å²) in [5, 5.41) is 12.2. The van der Waals surface area contributed by atoms with Crippen molar-refractivity contribution in [2.75, 3.05) is 26.9 Å². The average Bonchev–Trinajstić information content (AvgIpc) is 3.18. The zero-order valence-corrected chi connectivity index (χ0v) is 20.1. The highest BCUT2D eigenvalue weighted by Gasteiger charge is 2.38. The van der Waals surface area contributed by atoms with Crippen LogP contribution in [-0.2, 0) is 19.1 Å². The number of aliphatic carboxylic acids is 1. The van der Waals surface area contributed by atoms with Gasteiger partial charge >= 0.3 is 12.1 Å². The van der Waals surface area contributed by atoms with Gasteiger partial charge in [0.25, 0.3) is 0 Å². The summed E-state index contributed by atoms with van der Waals surface area (Å²) in [6.07, 6.45) is 0.721. The number of nitrogens with one attached hydrogen (secondary N) is 1. The minimum atomic E-state index is -0.909. The number of carbonyl (C=O) groups is 3. The topological polar surface area (TPSA) is 105 Å². The van der Waals surface area contributed by atoms with Crippen LogP contribution in [0.2, 0.25) is 0 Å². The Kier molecular flexibility index (Phi) is 7.70. The SMILES string of the molecule is COCCC(NC(=O)OCC1c2ccccc2-c2ccccc21)C(=O)N1CCCC(C(=O)O)C1C. The van der Waals surface area contributed by atoms with Gasteiger partial charge in [-0.15, -0.1) is 0 Å². The van der Waals surface area contributed by atoms with Crippen LogP contribution in [0.15, 0.2) is 48.5 Å². The maximum atomic E-state index is 13.3. The third-order valence-corrected chi connectivity index (χ3v) is 7.13. The summed E-state index contributed by atoms with van der Waals surface area (Å²) < 4.78 is 10.8. The molecule has 1 aliphatic carbocycles. The highest BCUT2D eigenvalue weighted by atomic mass is 16.5. The second-order valence-electron chi connectivity index (χ2n) is 9.16. The van der Waals surface area contributed by atoms with E-state index in [1.165, 1.54) is 7.11 Å². The van der Waals surface area contributed by atoms with Crippen LogP contribution in [-0.4, -0.2) is 66.9 Å². The van der Waals surface area contributed by atoms with E-state index in [0.29, 0.717) is 19.4 Å². The first kappa shape index (κ1) is 24.7. The summed E-state index contributed by atoms with van der Waals surface area (Å²) in [7, 11) is 1.53. The molecule has 2 N–H and O–H groups in total. The number of benzene rings is 2. The molecule has 2 aromatic rings. The molecule has 3 unspecified atom stereocenters. The molecule has 0 radical (unpaired) electrons. The molecule has 3 atom stereocenters. The summed E-state index contributed by atoms with van der Waals surface area (Å²) in [4.78, 5) is 39.3. The largest absolute Gasteiger partial charge is 0.481 e. The second kappa shape index (κ2) is 10.9. The lowest BCUT2D eigenvalue weighted by atomic mass is 9.89. The van der Waals surface area contributed by atoms with Gasteiger partial charge in [-0.1, -0.05) is 48.5 Å². The van der Waals surface area contributed by atoms with Crippen LogP contribution >= 0.6 is 0 Å². The summed E-state index contributed by atoms with van der Waals surface area (Å²) >= 11 is 0. The van der Waals surface area contributed by atoms with Crippen molar-refractivity contribution in [2.45, 2.75) is 44.2 Å². The lowest BCUT2D eigenvalue weighted by Gasteiger charge is -2.39. The van der Waals surface area contributed by atoms with Crippen molar-refractivity contribution >= 4 is 18.0 Å². The van der Waals surface area contributed by atoms with Crippen LogP contribution in [0.25, 0.3) is 11.1 Å². The van der Waals surface area contributed by atoms with Crippen molar-refractivity contribution in [2.24, 2.45) is 5.92 Å². The Morgan fingerprint density at radius 1 is 1.09 bits per heavy atom. The third-order valence-electron chi connectivity index (χ3n) is 7.13. The molecule has 2 amide bonds. The molecule has 186 valence electrons. The van der Waals surface area contributed by atoms with Gasteiger partial charge in [0.15, 0.2) is 0 Å². The first-order valence-corrected chi connectivity index (χ1v) is 12.1. The molecule has 0 spiro atoms. The van der Waals surface area contributed by atoms with E-state index < -0.39 is 30.1 Å². The molecule has 35 heavy (non-hydrogen) atoms. The van der Waals surface area contributed by atoms with Gasteiger partial charge in [-0.2, -0.15) is 0 Å². The smallest absolute Gasteiger partial charge is 0.407 e. The number of likely N-dealkylation sites (tertiary alicyclic amines) is 1. The van der Waals surface area contributed by atoms with E-state index in [2.05, 4.69) is 17.4 Å². The predicted molar refractivity (Wildman–Crippen MR) is 130 cm³/mol. The normalized spacial score (nSPS) is 20.0. The highest BCUT2D eigenvalue weighted by molar-refractivity contribution is 5.87. The Hall–Kier alpha value is -3.39. The highest BCUT2D eigenvalue weighted by Crippen LogP contribution is 2.44. The van der Waals surface area contributed by atoms with Crippen molar-refractivity contribution < 1.29 is 29.0 Å². The number of carbonyl (C=O) groups excluding carboxylic acids is 2.